The number of fused-ring (bicyclic) bond motifs is 6. The van der Waals surface area contributed by atoms with Gasteiger partial charge in [0.05, 0.1) is 5.60 Å². The van der Waals surface area contributed by atoms with E-state index in [0.717, 1.165) is 51.6 Å². The summed E-state index contributed by atoms with van der Waals surface area (Å²) in [7, 11) is 0. The van der Waals surface area contributed by atoms with Gasteiger partial charge in [-0.15, -0.1) is 0 Å². The van der Waals surface area contributed by atoms with E-state index in [4.69, 9.17) is 9.47 Å². The molecule has 4 fully saturated rings. The van der Waals surface area contributed by atoms with Crippen LogP contribution in [0.4, 0.5) is 0 Å². The van der Waals surface area contributed by atoms with Crippen LogP contribution in [0.15, 0.2) is 11.6 Å². The minimum absolute atomic E-state index is 0.00731. The third-order valence-electron chi connectivity index (χ3n) is 9.82. The second kappa shape index (κ2) is 5.93. The number of allylic oxidation sites excluding steroid dienone is 1. The zero-order valence-corrected chi connectivity index (χ0v) is 17.6. The summed E-state index contributed by atoms with van der Waals surface area (Å²) in [5, 5.41) is 0. The highest BCUT2D eigenvalue weighted by Crippen LogP contribution is 2.71. The van der Waals surface area contributed by atoms with Crippen molar-refractivity contribution >= 4 is 11.8 Å². The monoisotopic (exact) mass is 386 g/mol. The number of rotatable bonds is 2. The number of esters is 1. The molecule has 154 valence electrons. The zero-order valence-electron chi connectivity index (χ0n) is 17.6. The molecule has 0 aromatic carbocycles. The Hall–Kier alpha value is -1.16. The average Bonchev–Trinajstić information content (AvgIpc) is 3.18. The third kappa shape index (κ3) is 2.11. The van der Waals surface area contributed by atoms with Crippen molar-refractivity contribution in [3.63, 3.8) is 0 Å². The Balaban J connectivity index is 1.58. The lowest BCUT2D eigenvalue weighted by Crippen LogP contribution is -2.65. The molecule has 4 nitrogen and oxygen atoms in total. The highest BCUT2D eigenvalue weighted by molar-refractivity contribution is 5.83. The molecule has 28 heavy (non-hydrogen) atoms. The van der Waals surface area contributed by atoms with Crippen molar-refractivity contribution in [2.75, 3.05) is 6.61 Å². The average molecular weight is 387 g/mol. The summed E-state index contributed by atoms with van der Waals surface area (Å²) in [6.07, 6.45) is 11.3. The van der Waals surface area contributed by atoms with Crippen LogP contribution in [-0.2, 0) is 19.1 Å². The van der Waals surface area contributed by atoms with Gasteiger partial charge < -0.3 is 9.47 Å². The van der Waals surface area contributed by atoms with Crippen LogP contribution in [0.25, 0.3) is 0 Å². The van der Waals surface area contributed by atoms with E-state index in [1.807, 2.05) is 0 Å². The van der Waals surface area contributed by atoms with Crippen molar-refractivity contribution in [3.05, 3.63) is 11.6 Å². The van der Waals surface area contributed by atoms with E-state index in [9.17, 15) is 9.59 Å². The lowest BCUT2D eigenvalue weighted by atomic mass is 9.44. The van der Waals surface area contributed by atoms with E-state index in [2.05, 4.69) is 26.8 Å². The molecule has 5 rings (SSSR count). The maximum absolute atomic E-state index is 12.2. The van der Waals surface area contributed by atoms with Gasteiger partial charge in [0, 0.05) is 36.7 Å². The van der Waals surface area contributed by atoms with Crippen molar-refractivity contribution in [3.8, 4) is 0 Å². The predicted octanol–water partition coefficient (Wildman–Crippen LogP) is 4.75. The molecule has 4 heteroatoms. The number of hydrogen-bond donors (Lipinski definition) is 0. The SMILES string of the molecule is CCO[C@]12CCC3(C)C(CC[C@@]34CCC(=O)O4)C1CC=C1CC(=O)CCC12C. The van der Waals surface area contributed by atoms with E-state index < -0.39 is 0 Å². The highest BCUT2D eigenvalue weighted by Gasteiger charge is 2.71. The van der Waals surface area contributed by atoms with Crippen LogP contribution in [0.5, 0.6) is 0 Å². The molecular weight excluding hydrogens is 352 g/mol. The topological polar surface area (TPSA) is 52.6 Å². The maximum atomic E-state index is 12.2. The first-order chi connectivity index (χ1) is 13.3. The first kappa shape index (κ1) is 18.8. The Morgan fingerprint density at radius 2 is 1.89 bits per heavy atom. The zero-order chi connectivity index (χ0) is 19.8. The lowest BCUT2D eigenvalue weighted by molar-refractivity contribution is -0.228. The van der Waals surface area contributed by atoms with Crippen LogP contribution in [-0.4, -0.2) is 29.6 Å². The molecule has 0 aromatic rings. The molecule has 4 aliphatic carbocycles. The summed E-state index contributed by atoms with van der Waals surface area (Å²) in [5.74, 6) is 1.34. The van der Waals surface area contributed by atoms with Gasteiger partial charge in [0.1, 0.15) is 11.4 Å². The first-order valence-corrected chi connectivity index (χ1v) is 11.4. The second-order valence-corrected chi connectivity index (χ2v) is 10.5. The van der Waals surface area contributed by atoms with Gasteiger partial charge in [-0.25, -0.2) is 0 Å². The third-order valence-corrected chi connectivity index (χ3v) is 9.82. The first-order valence-electron chi connectivity index (χ1n) is 11.4. The van der Waals surface area contributed by atoms with Crippen LogP contribution >= 0.6 is 0 Å². The van der Waals surface area contributed by atoms with Crippen molar-refractivity contribution in [2.24, 2.45) is 22.7 Å². The summed E-state index contributed by atoms with van der Waals surface area (Å²) in [4.78, 5) is 24.2. The fourth-order valence-corrected chi connectivity index (χ4v) is 8.28. The molecule has 1 spiro atoms. The standard InChI is InChI=1S/C24H34O4/c1-4-27-24-14-13-22(3)18(8-11-23(22)12-9-20(26)28-23)19(24)6-5-16-15-17(25)7-10-21(16,24)2/h5,18-19H,4,6-15H2,1-3H3/t18?,19?,21?,22?,23-,24-/m1/s1. The summed E-state index contributed by atoms with van der Waals surface area (Å²) in [6, 6.07) is 0. The van der Waals surface area contributed by atoms with E-state index in [1.165, 1.54) is 5.57 Å². The Morgan fingerprint density at radius 1 is 1.07 bits per heavy atom. The molecule has 1 saturated heterocycles. The lowest BCUT2D eigenvalue weighted by Gasteiger charge is -2.64. The van der Waals surface area contributed by atoms with Crippen molar-refractivity contribution in [2.45, 2.75) is 96.2 Å². The number of Topliss-reactive ketones (excluding diaryl/α,β-unsaturated/α-hetero) is 1. The Kier molecular flexibility index (Phi) is 3.99. The number of carbonyl (C=O) groups excluding carboxylic acids is 2. The fraction of sp³-hybridized carbons (Fsp3) is 0.833. The molecule has 0 radical (unpaired) electrons. The number of hydrogen-bond acceptors (Lipinski definition) is 4. The number of carbonyl (C=O) groups is 2. The fourth-order valence-electron chi connectivity index (χ4n) is 8.28. The van der Waals surface area contributed by atoms with Gasteiger partial charge in [-0.2, -0.15) is 0 Å². The Bertz CT molecular complexity index is 756. The number of ketones is 1. The molecule has 6 atom stereocenters. The van der Waals surface area contributed by atoms with Crippen molar-refractivity contribution in [1.29, 1.82) is 0 Å². The number of ether oxygens (including phenoxy) is 2. The minimum atomic E-state index is -0.249. The van der Waals surface area contributed by atoms with Gasteiger partial charge >= 0.3 is 5.97 Å². The summed E-state index contributed by atoms with van der Waals surface area (Å²) < 4.78 is 12.8. The molecule has 0 amide bonds. The van der Waals surface area contributed by atoms with E-state index in [-0.39, 0.29) is 28.0 Å². The molecule has 0 N–H and O–H groups in total. The van der Waals surface area contributed by atoms with Gasteiger partial charge in [-0.05, 0) is 63.7 Å². The van der Waals surface area contributed by atoms with Gasteiger partial charge in [-0.1, -0.05) is 25.5 Å². The Labute approximate surface area is 168 Å². The molecule has 1 heterocycles. The molecular formula is C24H34O4. The van der Waals surface area contributed by atoms with Crippen molar-refractivity contribution in [1.82, 2.24) is 0 Å². The van der Waals surface area contributed by atoms with E-state index in [0.29, 0.717) is 36.9 Å². The Morgan fingerprint density at radius 3 is 2.61 bits per heavy atom. The van der Waals surface area contributed by atoms with Crippen LogP contribution in [0.3, 0.4) is 0 Å². The molecule has 0 bridgehead atoms. The maximum Gasteiger partial charge on any atom is 0.306 e. The van der Waals surface area contributed by atoms with Gasteiger partial charge in [0.25, 0.3) is 0 Å². The minimum Gasteiger partial charge on any atom is -0.458 e. The van der Waals surface area contributed by atoms with Gasteiger partial charge in [0.2, 0.25) is 0 Å². The van der Waals surface area contributed by atoms with E-state index >= 15 is 0 Å². The summed E-state index contributed by atoms with van der Waals surface area (Å²) in [5.41, 5.74) is 0.919. The second-order valence-electron chi connectivity index (χ2n) is 10.5. The van der Waals surface area contributed by atoms with Crippen LogP contribution < -0.4 is 0 Å². The van der Waals surface area contributed by atoms with E-state index in [1.54, 1.807) is 0 Å². The smallest absolute Gasteiger partial charge is 0.306 e. The van der Waals surface area contributed by atoms with Crippen molar-refractivity contribution < 1.29 is 19.1 Å². The molecule has 4 unspecified atom stereocenters. The molecule has 5 aliphatic rings. The summed E-state index contributed by atoms with van der Waals surface area (Å²) >= 11 is 0. The van der Waals surface area contributed by atoms with Crippen LogP contribution in [0.1, 0.15) is 85.0 Å². The van der Waals surface area contributed by atoms with Crippen LogP contribution in [0, 0.1) is 22.7 Å². The predicted molar refractivity (Wildman–Crippen MR) is 106 cm³/mol. The highest BCUT2D eigenvalue weighted by atomic mass is 16.6. The molecule has 1 aliphatic heterocycles. The van der Waals surface area contributed by atoms with Crippen LogP contribution in [0.2, 0.25) is 0 Å². The quantitative estimate of drug-likeness (QED) is 0.507. The van der Waals surface area contributed by atoms with Gasteiger partial charge in [0.15, 0.2) is 0 Å². The summed E-state index contributed by atoms with van der Waals surface area (Å²) in [6.45, 7) is 7.60. The normalized spacial score (nSPS) is 50.0. The largest absolute Gasteiger partial charge is 0.458 e. The molecule has 3 saturated carbocycles. The molecule has 0 aromatic heterocycles. The van der Waals surface area contributed by atoms with Gasteiger partial charge in [-0.3, -0.25) is 9.59 Å².